The van der Waals surface area contributed by atoms with Crippen molar-refractivity contribution < 1.29 is 9.63 Å². The molecule has 3 unspecified atom stereocenters. The molecule has 0 saturated carbocycles. The van der Waals surface area contributed by atoms with E-state index in [0.717, 1.165) is 19.5 Å². The fraction of sp³-hybridized carbons (Fsp3) is 0.417. The first kappa shape index (κ1) is 9.07. The number of carbonyl (C=O) groups is 1. The number of hydrogen-bond acceptors (Lipinski definition) is 3. The second-order valence-corrected chi connectivity index (χ2v) is 4.10. The highest BCUT2D eigenvalue weighted by Gasteiger charge is 2.43. The summed E-state index contributed by atoms with van der Waals surface area (Å²) >= 11 is 0. The van der Waals surface area contributed by atoms with Gasteiger partial charge in [-0.2, -0.15) is 5.06 Å². The Kier molecular flexibility index (Phi) is 2.08. The molecule has 77 valence electrons. The van der Waals surface area contributed by atoms with Crippen LogP contribution in [0.3, 0.4) is 0 Å². The van der Waals surface area contributed by atoms with Crippen LogP contribution < -0.4 is 0 Å². The van der Waals surface area contributed by atoms with Gasteiger partial charge in [0.25, 0.3) is 0 Å². The third-order valence-electron chi connectivity index (χ3n) is 3.11. The number of Topliss-reactive ketones (excluding diaryl/α,β-unsaturated/α-hetero) is 1. The SMILES string of the molecule is O=C(c1[c]cccc1)C1ON2CCC1C2. The molecule has 3 atom stereocenters. The van der Waals surface area contributed by atoms with Crippen LogP contribution in [0.5, 0.6) is 0 Å². The summed E-state index contributed by atoms with van der Waals surface area (Å²) in [5.41, 5.74) is 0.635. The predicted octanol–water partition coefficient (Wildman–Crippen LogP) is 1.31. The Labute approximate surface area is 88.6 Å². The molecule has 2 fully saturated rings. The maximum Gasteiger partial charge on any atom is 0.194 e. The lowest BCUT2D eigenvalue weighted by Crippen LogP contribution is -2.32. The van der Waals surface area contributed by atoms with E-state index < -0.39 is 0 Å². The van der Waals surface area contributed by atoms with E-state index in [4.69, 9.17) is 4.84 Å². The Balaban J connectivity index is 1.81. The summed E-state index contributed by atoms with van der Waals surface area (Å²) in [5.74, 6) is 0.453. The first-order valence-electron chi connectivity index (χ1n) is 5.27. The van der Waals surface area contributed by atoms with Gasteiger partial charge in [0, 0.05) is 24.6 Å². The highest BCUT2D eigenvalue weighted by Crippen LogP contribution is 2.32. The summed E-state index contributed by atoms with van der Waals surface area (Å²) in [5, 5.41) is 1.90. The van der Waals surface area contributed by atoms with Crippen molar-refractivity contribution >= 4 is 5.78 Å². The average molecular weight is 202 g/mol. The summed E-state index contributed by atoms with van der Waals surface area (Å²) in [4.78, 5) is 17.6. The Morgan fingerprint density at radius 1 is 1.53 bits per heavy atom. The van der Waals surface area contributed by atoms with Gasteiger partial charge in [0.15, 0.2) is 5.78 Å². The third-order valence-corrected chi connectivity index (χ3v) is 3.11. The number of fused-ring (bicyclic) bond motifs is 2. The van der Waals surface area contributed by atoms with Crippen molar-refractivity contribution in [3.05, 3.63) is 35.9 Å². The minimum Gasteiger partial charge on any atom is -0.291 e. The van der Waals surface area contributed by atoms with Crippen molar-refractivity contribution in [2.45, 2.75) is 12.5 Å². The van der Waals surface area contributed by atoms with Gasteiger partial charge < -0.3 is 0 Å². The summed E-state index contributed by atoms with van der Waals surface area (Å²) in [6, 6.07) is 10.2. The van der Waals surface area contributed by atoms with Gasteiger partial charge in [-0.1, -0.05) is 24.3 Å². The second kappa shape index (κ2) is 3.43. The molecule has 2 aliphatic rings. The minimum atomic E-state index is -0.266. The van der Waals surface area contributed by atoms with Gasteiger partial charge in [-0.15, -0.1) is 0 Å². The quantitative estimate of drug-likeness (QED) is 0.677. The molecule has 2 heterocycles. The lowest BCUT2D eigenvalue weighted by Gasteiger charge is -2.20. The van der Waals surface area contributed by atoms with E-state index in [-0.39, 0.29) is 11.9 Å². The smallest absolute Gasteiger partial charge is 0.194 e. The Bertz CT molecular complexity index is 376. The van der Waals surface area contributed by atoms with Gasteiger partial charge in [0.1, 0.15) is 6.10 Å². The standard InChI is InChI=1S/C12H12NO2/c14-11(9-4-2-1-3-5-9)12-10-6-7-13(8-10)15-12/h1-4,10,12H,6-8H2. The van der Waals surface area contributed by atoms with Crippen molar-refractivity contribution in [1.82, 2.24) is 5.06 Å². The molecule has 3 heteroatoms. The normalized spacial score (nSPS) is 33.2. The second-order valence-electron chi connectivity index (χ2n) is 4.10. The van der Waals surface area contributed by atoms with Crippen LogP contribution in [0, 0.1) is 12.0 Å². The van der Waals surface area contributed by atoms with Gasteiger partial charge in [0.05, 0.1) is 0 Å². The molecule has 1 aromatic carbocycles. The van der Waals surface area contributed by atoms with Crippen LogP contribution in [-0.2, 0) is 4.84 Å². The zero-order valence-electron chi connectivity index (χ0n) is 8.35. The number of ketones is 1. The predicted molar refractivity (Wildman–Crippen MR) is 54.2 cm³/mol. The molecule has 0 N–H and O–H groups in total. The van der Waals surface area contributed by atoms with E-state index in [1.165, 1.54) is 0 Å². The summed E-state index contributed by atoms with van der Waals surface area (Å²) in [7, 11) is 0. The molecule has 0 aliphatic carbocycles. The highest BCUT2D eigenvalue weighted by atomic mass is 16.7. The molecular formula is C12H12NO2. The topological polar surface area (TPSA) is 29.5 Å². The Hall–Kier alpha value is -1.19. The number of benzene rings is 1. The van der Waals surface area contributed by atoms with E-state index in [1.807, 2.05) is 17.2 Å². The van der Waals surface area contributed by atoms with E-state index in [2.05, 4.69) is 6.07 Å². The molecule has 3 nitrogen and oxygen atoms in total. The molecule has 15 heavy (non-hydrogen) atoms. The zero-order chi connectivity index (χ0) is 10.3. The van der Waals surface area contributed by atoms with E-state index in [1.54, 1.807) is 12.1 Å². The summed E-state index contributed by atoms with van der Waals surface area (Å²) in [6.07, 6.45) is 0.806. The van der Waals surface area contributed by atoms with Crippen LogP contribution in [0.15, 0.2) is 24.3 Å². The first-order chi connectivity index (χ1) is 7.34. The summed E-state index contributed by atoms with van der Waals surface area (Å²) < 4.78 is 0. The van der Waals surface area contributed by atoms with Crippen molar-refractivity contribution in [1.29, 1.82) is 0 Å². The van der Waals surface area contributed by atoms with E-state index in [9.17, 15) is 4.79 Å². The summed E-state index contributed by atoms with van der Waals surface area (Å²) in [6.45, 7) is 1.87. The van der Waals surface area contributed by atoms with Crippen molar-refractivity contribution in [2.24, 2.45) is 5.92 Å². The number of hydrogen-bond donors (Lipinski definition) is 0. The van der Waals surface area contributed by atoms with Crippen molar-refractivity contribution in [2.75, 3.05) is 13.1 Å². The van der Waals surface area contributed by atoms with Gasteiger partial charge in [-0.3, -0.25) is 9.63 Å². The molecule has 1 radical (unpaired) electrons. The molecule has 0 amide bonds. The molecule has 2 aliphatic heterocycles. The molecular weight excluding hydrogens is 190 g/mol. The maximum atomic E-state index is 12.1. The molecule has 2 saturated heterocycles. The third kappa shape index (κ3) is 1.48. The molecule has 2 bridgehead atoms. The highest BCUT2D eigenvalue weighted by molar-refractivity contribution is 5.99. The zero-order valence-corrected chi connectivity index (χ0v) is 8.35. The van der Waals surface area contributed by atoms with Crippen molar-refractivity contribution in [3.63, 3.8) is 0 Å². The lowest BCUT2D eigenvalue weighted by molar-refractivity contribution is -0.144. The number of nitrogens with zero attached hydrogens (tertiary/aromatic N) is 1. The van der Waals surface area contributed by atoms with Gasteiger partial charge in [-0.05, 0) is 12.5 Å². The average Bonchev–Trinajstić information content (AvgIpc) is 2.91. The minimum absolute atomic E-state index is 0.0720. The van der Waals surface area contributed by atoms with Crippen LogP contribution in [0.25, 0.3) is 0 Å². The molecule has 3 rings (SSSR count). The largest absolute Gasteiger partial charge is 0.291 e. The fourth-order valence-corrected chi connectivity index (χ4v) is 2.31. The molecule has 0 spiro atoms. The molecule has 0 aromatic heterocycles. The van der Waals surface area contributed by atoms with Crippen LogP contribution in [0.1, 0.15) is 16.8 Å². The number of rotatable bonds is 2. The first-order valence-corrected chi connectivity index (χ1v) is 5.27. The number of hydroxylamine groups is 2. The van der Waals surface area contributed by atoms with Crippen LogP contribution in [0.2, 0.25) is 0 Å². The lowest BCUT2D eigenvalue weighted by atomic mass is 9.94. The van der Waals surface area contributed by atoms with Gasteiger partial charge >= 0.3 is 0 Å². The van der Waals surface area contributed by atoms with Crippen LogP contribution in [0.4, 0.5) is 0 Å². The fourth-order valence-electron chi connectivity index (χ4n) is 2.31. The van der Waals surface area contributed by atoms with Crippen molar-refractivity contribution in [3.8, 4) is 0 Å². The van der Waals surface area contributed by atoms with Gasteiger partial charge in [-0.25, -0.2) is 0 Å². The Morgan fingerprint density at radius 3 is 3.07 bits per heavy atom. The van der Waals surface area contributed by atoms with E-state index in [0.29, 0.717) is 11.5 Å². The maximum absolute atomic E-state index is 12.1. The van der Waals surface area contributed by atoms with Crippen LogP contribution in [-0.4, -0.2) is 30.0 Å². The van der Waals surface area contributed by atoms with Gasteiger partial charge in [0.2, 0.25) is 0 Å². The van der Waals surface area contributed by atoms with E-state index >= 15 is 0 Å². The monoisotopic (exact) mass is 202 g/mol. The van der Waals surface area contributed by atoms with Crippen LogP contribution >= 0.6 is 0 Å². The molecule has 1 aromatic rings. The number of carbonyl (C=O) groups excluding carboxylic acids is 1. The Morgan fingerprint density at radius 2 is 2.47 bits per heavy atom.